The van der Waals surface area contributed by atoms with Gasteiger partial charge in [0.1, 0.15) is 12.7 Å². The van der Waals surface area contributed by atoms with Crippen LogP contribution in [0, 0.1) is 10.1 Å². The number of aliphatic hydroxyl groups is 2. The number of nitrogens with zero attached hydrogens (tertiary/aromatic N) is 1. The van der Waals surface area contributed by atoms with E-state index in [2.05, 4.69) is 0 Å². The maximum absolute atomic E-state index is 10.4. The van der Waals surface area contributed by atoms with Crippen LogP contribution in [0.5, 0.6) is 0 Å². The number of benzene rings is 1. The van der Waals surface area contributed by atoms with Crippen molar-refractivity contribution >= 4 is 0 Å². The number of nitro groups is 1. The molecule has 1 aromatic carbocycles. The molecule has 0 heterocycles. The molecule has 78 valence electrons. The minimum absolute atomic E-state index is 0. The molecule has 5 nitrogen and oxygen atoms in total. The molecule has 0 saturated carbocycles. The van der Waals surface area contributed by atoms with Crippen LogP contribution in [0.15, 0.2) is 30.3 Å². The van der Waals surface area contributed by atoms with Gasteiger partial charge in [-0.25, -0.2) is 0 Å². The number of rotatable bonds is 4. The van der Waals surface area contributed by atoms with Crippen molar-refractivity contribution in [2.45, 2.75) is 12.1 Å². The molecule has 15 heavy (non-hydrogen) atoms. The summed E-state index contributed by atoms with van der Waals surface area (Å²) in [6, 6.07) is 6.89. The minimum atomic E-state index is -1.36. The summed E-state index contributed by atoms with van der Waals surface area (Å²) in [5.74, 6) is 0. The molecule has 0 fully saturated rings. The van der Waals surface area contributed by atoms with Gasteiger partial charge >= 0.3 is 29.6 Å². The Morgan fingerprint density at radius 2 is 1.93 bits per heavy atom. The maximum atomic E-state index is 10.4. The summed E-state index contributed by atoms with van der Waals surface area (Å²) in [6.45, 7) is -0.678. The summed E-state index contributed by atoms with van der Waals surface area (Å²) in [7, 11) is 0. The third-order valence-electron chi connectivity index (χ3n) is 1.96. The normalized spacial score (nSPS) is 13.7. The summed E-state index contributed by atoms with van der Waals surface area (Å²) in [5.41, 5.74) is 0.434. The Morgan fingerprint density at radius 1 is 1.40 bits per heavy atom. The van der Waals surface area contributed by atoms with E-state index in [4.69, 9.17) is 5.11 Å². The Hall–Kier alpha value is -0.460. The zero-order valence-electron chi connectivity index (χ0n) is 9.41. The average molecular weight is 221 g/mol. The third kappa shape index (κ3) is 3.89. The SMILES string of the molecule is O=[N+]([O-])C(CO)C(O)c1ccccc1.[H-].[Na+]. The maximum Gasteiger partial charge on any atom is 1.00 e. The predicted molar refractivity (Wildman–Crippen MR) is 50.4 cm³/mol. The number of hydrogen-bond donors (Lipinski definition) is 2. The van der Waals surface area contributed by atoms with Gasteiger partial charge in [0.15, 0.2) is 0 Å². The summed E-state index contributed by atoms with van der Waals surface area (Å²) in [6.07, 6.45) is -1.27. The van der Waals surface area contributed by atoms with Gasteiger partial charge in [-0.15, -0.1) is 0 Å². The monoisotopic (exact) mass is 221 g/mol. The van der Waals surface area contributed by atoms with E-state index in [1.807, 2.05) is 0 Å². The smallest absolute Gasteiger partial charge is 1.00 e. The van der Waals surface area contributed by atoms with Gasteiger partial charge in [0.25, 0.3) is 6.04 Å². The zero-order valence-corrected chi connectivity index (χ0v) is 10.4. The number of hydrogen-bond acceptors (Lipinski definition) is 4. The van der Waals surface area contributed by atoms with Gasteiger partial charge in [-0.1, -0.05) is 30.3 Å². The van der Waals surface area contributed by atoms with Crippen molar-refractivity contribution in [3.8, 4) is 0 Å². The van der Waals surface area contributed by atoms with E-state index < -0.39 is 23.7 Å². The Kier molecular flexibility index (Phi) is 6.71. The fourth-order valence-corrected chi connectivity index (χ4v) is 1.15. The molecule has 0 radical (unpaired) electrons. The third-order valence-corrected chi connectivity index (χ3v) is 1.96. The predicted octanol–water partition coefficient (Wildman–Crippen LogP) is -2.53. The van der Waals surface area contributed by atoms with Crippen LogP contribution in [0.2, 0.25) is 0 Å². The summed E-state index contributed by atoms with van der Waals surface area (Å²) >= 11 is 0. The molecule has 6 heteroatoms. The molecule has 0 amide bonds. The molecular formula is C9H12NNaO4. The fraction of sp³-hybridized carbons (Fsp3) is 0.333. The van der Waals surface area contributed by atoms with E-state index in [-0.39, 0.29) is 31.0 Å². The Morgan fingerprint density at radius 3 is 2.33 bits per heavy atom. The van der Waals surface area contributed by atoms with Crippen molar-refractivity contribution in [2.24, 2.45) is 0 Å². The summed E-state index contributed by atoms with van der Waals surface area (Å²) in [4.78, 5) is 9.75. The molecule has 0 bridgehead atoms. The molecule has 2 atom stereocenters. The van der Waals surface area contributed by atoms with Crippen molar-refractivity contribution in [1.82, 2.24) is 0 Å². The average Bonchev–Trinajstić information content (AvgIpc) is 2.19. The van der Waals surface area contributed by atoms with Crippen molar-refractivity contribution in [3.63, 3.8) is 0 Å². The molecule has 0 aromatic heterocycles. The molecule has 0 aliphatic rings. The molecule has 1 rings (SSSR count). The first-order valence-corrected chi connectivity index (χ1v) is 4.14. The van der Waals surface area contributed by atoms with Crippen LogP contribution in [0.3, 0.4) is 0 Å². The van der Waals surface area contributed by atoms with Crippen molar-refractivity contribution < 1.29 is 46.1 Å². The summed E-state index contributed by atoms with van der Waals surface area (Å²) < 4.78 is 0. The van der Waals surface area contributed by atoms with Crippen LogP contribution in [-0.4, -0.2) is 27.8 Å². The van der Waals surface area contributed by atoms with Gasteiger partial charge in [0.05, 0.1) is 0 Å². The fourth-order valence-electron chi connectivity index (χ4n) is 1.15. The molecule has 0 aliphatic carbocycles. The largest absolute Gasteiger partial charge is 1.00 e. The van der Waals surface area contributed by atoms with E-state index >= 15 is 0 Å². The second-order valence-corrected chi connectivity index (χ2v) is 2.89. The molecular weight excluding hydrogens is 209 g/mol. The van der Waals surface area contributed by atoms with Crippen molar-refractivity contribution in [1.29, 1.82) is 0 Å². The topological polar surface area (TPSA) is 83.6 Å². The van der Waals surface area contributed by atoms with Crippen LogP contribution in [0.25, 0.3) is 0 Å². The van der Waals surface area contributed by atoms with Gasteiger partial charge in [-0.2, -0.15) is 0 Å². The van der Waals surface area contributed by atoms with E-state index in [9.17, 15) is 15.2 Å². The van der Waals surface area contributed by atoms with Gasteiger partial charge in [0, 0.05) is 4.92 Å². The zero-order chi connectivity index (χ0) is 10.6. The van der Waals surface area contributed by atoms with Gasteiger partial charge in [-0.3, -0.25) is 10.1 Å². The first-order chi connectivity index (χ1) is 6.66. The van der Waals surface area contributed by atoms with Crippen LogP contribution >= 0.6 is 0 Å². The quantitative estimate of drug-likeness (QED) is 0.334. The van der Waals surface area contributed by atoms with Gasteiger partial charge in [-0.05, 0) is 5.56 Å². The second kappa shape index (κ2) is 6.92. The minimum Gasteiger partial charge on any atom is -1.00 e. The van der Waals surface area contributed by atoms with E-state index in [0.717, 1.165) is 0 Å². The molecule has 2 N–H and O–H groups in total. The van der Waals surface area contributed by atoms with Crippen LogP contribution in [0.4, 0.5) is 0 Å². The van der Waals surface area contributed by atoms with Crippen LogP contribution in [0.1, 0.15) is 13.1 Å². The molecule has 1 aromatic rings. The molecule has 0 spiro atoms. The van der Waals surface area contributed by atoms with Crippen LogP contribution in [-0.2, 0) is 0 Å². The van der Waals surface area contributed by atoms with Crippen molar-refractivity contribution in [2.75, 3.05) is 6.61 Å². The van der Waals surface area contributed by atoms with E-state index in [1.165, 1.54) is 0 Å². The second-order valence-electron chi connectivity index (χ2n) is 2.89. The van der Waals surface area contributed by atoms with Crippen LogP contribution < -0.4 is 29.6 Å². The molecule has 2 unspecified atom stereocenters. The molecule has 0 aliphatic heterocycles. The standard InChI is InChI=1S/C9H11NO4.Na.H/c11-6-8(10(13)14)9(12)7-4-2-1-3-5-7;;/h1-5,8-9,11-12H,6H2;;/q;+1;-1. The first kappa shape index (κ1) is 14.5. The Bertz CT molecular complexity index is 312. The Labute approximate surface area is 111 Å². The first-order valence-electron chi connectivity index (χ1n) is 4.14. The number of aliphatic hydroxyl groups excluding tert-OH is 2. The van der Waals surface area contributed by atoms with E-state index in [1.54, 1.807) is 30.3 Å². The molecule has 0 saturated heterocycles. The summed E-state index contributed by atoms with van der Waals surface area (Å²) in [5, 5.41) is 28.7. The van der Waals surface area contributed by atoms with Gasteiger partial charge in [0.2, 0.25) is 0 Å². The van der Waals surface area contributed by atoms with E-state index in [0.29, 0.717) is 5.56 Å². The van der Waals surface area contributed by atoms with Crippen molar-refractivity contribution in [3.05, 3.63) is 46.0 Å². The Balaban J connectivity index is 0. The van der Waals surface area contributed by atoms with Gasteiger partial charge < -0.3 is 11.6 Å².